The van der Waals surface area contributed by atoms with Crippen LogP contribution in [0.15, 0.2) is 18.2 Å². The summed E-state index contributed by atoms with van der Waals surface area (Å²) in [6.45, 7) is 0. The minimum Gasteiger partial charge on any atom is -0.398 e. The second-order valence-electron chi connectivity index (χ2n) is 2.88. The molecule has 0 spiro atoms. The van der Waals surface area contributed by atoms with Crippen molar-refractivity contribution in [2.45, 2.75) is 19.3 Å². The van der Waals surface area contributed by atoms with E-state index in [9.17, 15) is 8.78 Å². The summed E-state index contributed by atoms with van der Waals surface area (Å²) >= 11 is 0. The van der Waals surface area contributed by atoms with Crippen molar-refractivity contribution in [1.29, 1.82) is 5.26 Å². The first-order valence-electron chi connectivity index (χ1n) is 4.19. The monoisotopic (exact) mass is 196 g/mol. The van der Waals surface area contributed by atoms with Crippen molar-refractivity contribution in [3.8, 4) is 6.07 Å². The second kappa shape index (κ2) is 4.56. The molecule has 0 bridgehead atoms. The Balaban J connectivity index is 3.03. The summed E-state index contributed by atoms with van der Waals surface area (Å²) in [5.41, 5.74) is 5.85. The maximum atomic E-state index is 12.6. The maximum Gasteiger partial charge on any atom is 0.266 e. The highest BCUT2D eigenvalue weighted by molar-refractivity contribution is 5.51. The Morgan fingerprint density at radius 1 is 1.43 bits per heavy atom. The molecule has 0 aliphatic carbocycles. The lowest BCUT2D eigenvalue weighted by atomic mass is 10.0. The molecule has 0 saturated heterocycles. The van der Waals surface area contributed by atoms with Crippen LogP contribution in [0.5, 0.6) is 0 Å². The minimum absolute atomic E-state index is 0.0930. The first kappa shape index (κ1) is 10.5. The largest absolute Gasteiger partial charge is 0.398 e. The molecule has 0 aliphatic heterocycles. The number of aryl methyl sites for hydroxylation is 1. The first-order valence-corrected chi connectivity index (χ1v) is 4.19. The summed E-state index contributed by atoms with van der Waals surface area (Å²) < 4.78 is 25.1. The molecule has 0 saturated carbocycles. The van der Waals surface area contributed by atoms with Crippen molar-refractivity contribution in [2.24, 2.45) is 0 Å². The van der Waals surface area contributed by atoms with E-state index in [-0.39, 0.29) is 17.7 Å². The molecule has 0 radical (unpaired) electrons. The van der Waals surface area contributed by atoms with Crippen molar-refractivity contribution in [2.75, 3.05) is 5.73 Å². The smallest absolute Gasteiger partial charge is 0.266 e. The maximum absolute atomic E-state index is 12.6. The van der Waals surface area contributed by atoms with E-state index in [2.05, 4.69) is 0 Å². The van der Waals surface area contributed by atoms with Crippen LogP contribution >= 0.6 is 0 Å². The van der Waals surface area contributed by atoms with Gasteiger partial charge in [0, 0.05) is 17.7 Å². The summed E-state index contributed by atoms with van der Waals surface area (Å²) in [6, 6.07) is 6.56. The van der Waals surface area contributed by atoms with Gasteiger partial charge in [-0.1, -0.05) is 12.1 Å². The number of alkyl halides is 2. The van der Waals surface area contributed by atoms with Crippen molar-refractivity contribution >= 4 is 5.69 Å². The van der Waals surface area contributed by atoms with Gasteiger partial charge in [-0.25, -0.2) is 8.78 Å². The number of nitrogens with zero attached hydrogens (tertiary/aromatic N) is 1. The zero-order chi connectivity index (χ0) is 10.6. The van der Waals surface area contributed by atoms with Gasteiger partial charge in [-0.2, -0.15) is 5.26 Å². The molecule has 0 unspecified atom stereocenters. The van der Waals surface area contributed by atoms with Gasteiger partial charge >= 0.3 is 0 Å². The number of halogens is 2. The predicted molar refractivity (Wildman–Crippen MR) is 49.7 cm³/mol. The van der Waals surface area contributed by atoms with E-state index in [1.165, 1.54) is 6.07 Å². The number of nitriles is 1. The van der Waals surface area contributed by atoms with E-state index in [4.69, 9.17) is 11.0 Å². The molecule has 0 heterocycles. The molecule has 4 heteroatoms. The second-order valence-corrected chi connectivity index (χ2v) is 2.88. The van der Waals surface area contributed by atoms with Crippen LogP contribution in [0, 0.1) is 11.3 Å². The molecule has 0 amide bonds. The standard InChI is InChI=1S/C10H10F2N2/c11-10(12)9-7(4-2-6-13)3-1-5-8(9)14/h1,3,5,10H,2,4,14H2. The zero-order valence-corrected chi connectivity index (χ0v) is 7.50. The Bertz CT molecular complexity index is 356. The number of hydrogen-bond donors (Lipinski definition) is 1. The Morgan fingerprint density at radius 3 is 2.71 bits per heavy atom. The van der Waals surface area contributed by atoms with Crippen LogP contribution in [0.3, 0.4) is 0 Å². The van der Waals surface area contributed by atoms with Crippen LogP contribution in [-0.4, -0.2) is 0 Å². The van der Waals surface area contributed by atoms with Gasteiger partial charge in [0.25, 0.3) is 6.43 Å². The average molecular weight is 196 g/mol. The average Bonchev–Trinajstić information content (AvgIpc) is 2.14. The van der Waals surface area contributed by atoms with Crippen LogP contribution in [0.1, 0.15) is 24.0 Å². The van der Waals surface area contributed by atoms with Gasteiger partial charge in [0.1, 0.15) is 0 Å². The predicted octanol–water partition coefficient (Wildman–Crippen LogP) is 2.66. The molecule has 14 heavy (non-hydrogen) atoms. The highest BCUT2D eigenvalue weighted by Crippen LogP contribution is 2.29. The number of hydrogen-bond acceptors (Lipinski definition) is 2. The number of rotatable bonds is 3. The van der Waals surface area contributed by atoms with Crippen LogP contribution in [0.2, 0.25) is 0 Å². The summed E-state index contributed by atoms with van der Waals surface area (Å²) in [5, 5.41) is 8.36. The first-order chi connectivity index (χ1) is 6.66. The topological polar surface area (TPSA) is 49.8 Å². The number of nitrogen functional groups attached to an aromatic ring is 1. The van der Waals surface area contributed by atoms with Crippen molar-refractivity contribution in [3.05, 3.63) is 29.3 Å². The third-order valence-corrected chi connectivity index (χ3v) is 1.95. The van der Waals surface area contributed by atoms with Gasteiger partial charge in [-0.15, -0.1) is 0 Å². The number of benzene rings is 1. The summed E-state index contributed by atoms with van der Waals surface area (Å²) in [7, 11) is 0. The molecular weight excluding hydrogens is 186 g/mol. The fourth-order valence-electron chi connectivity index (χ4n) is 1.31. The molecule has 2 nitrogen and oxygen atoms in total. The van der Waals surface area contributed by atoms with Crippen molar-refractivity contribution in [1.82, 2.24) is 0 Å². The molecule has 2 N–H and O–H groups in total. The third kappa shape index (κ3) is 2.19. The van der Waals surface area contributed by atoms with E-state index in [1.54, 1.807) is 12.1 Å². The van der Waals surface area contributed by atoms with Gasteiger partial charge in [-0.3, -0.25) is 0 Å². The fraction of sp³-hybridized carbons (Fsp3) is 0.300. The van der Waals surface area contributed by atoms with E-state index in [1.807, 2.05) is 6.07 Å². The van der Waals surface area contributed by atoms with Gasteiger partial charge in [0.05, 0.1) is 6.07 Å². The fourth-order valence-corrected chi connectivity index (χ4v) is 1.31. The quantitative estimate of drug-likeness (QED) is 0.755. The minimum atomic E-state index is -2.58. The highest BCUT2D eigenvalue weighted by atomic mass is 19.3. The van der Waals surface area contributed by atoms with E-state index in [0.717, 1.165) is 0 Å². The highest BCUT2D eigenvalue weighted by Gasteiger charge is 2.15. The summed E-state index contributed by atoms with van der Waals surface area (Å²) in [4.78, 5) is 0. The van der Waals surface area contributed by atoms with E-state index < -0.39 is 6.43 Å². The molecule has 0 atom stereocenters. The molecule has 1 aromatic rings. The van der Waals surface area contributed by atoms with Crippen LogP contribution in [0.4, 0.5) is 14.5 Å². The van der Waals surface area contributed by atoms with Gasteiger partial charge in [0.2, 0.25) is 0 Å². The summed E-state index contributed by atoms with van der Waals surface area (Å²) in [5.74, 6) is 0. The van der Waals surface area contributed by atoms with Gasteiger partial charge in [-0.05, 0) is 18.1 Å². The molecule has 0 fully saturated rings. The van der Waals surface area contributed by atoms with Crippen LogP contribution in [0.25, 0.3) is 0 Å². The summed E-state index contributed by atoms with van der Waals surface area (Å²) in [6.07, 6.45) is -2.03. The van der Waals surface area contributed by atoms with Crippen LogP contribution in [-0.2, 0) is 6.42 Å². The van der Waals surface area contributed by atoms with Crippen molar-refractivity contribution < 1.29 is 8.78 Å². The molecular formula is C10H10F2N2. The molecule has 1 aromatic carbocycles. The molecule has 74 valence electrons. The molecule has 0 aromatic heterocycles. The molecule has 1 rings (SSSR count). The lowest BCUT2D eigenvalue weighted by Crippen LogP contribution is -2.00. The third-order valence-electron chi connectivity index (χ3n) is 1.95. The zero-order valence-electron chi connectivity index (χ0n) is 7.50. The van der Waals surface area contributed by atoms with Crippen LogP contribution < -0.4 is 5.73 Å². The lowest BCUT2D eigenvalue weighted by molar-refractivity contribution is 0.151. The number of anilines is 1. The van der Waals surface area contributed by atoms with Gasteiger partial charge < -0.3 is 5.73 Å². The SMILES string of the molecule is N#CCCc1cccc(N)c1C(F)F. The van der Waals surface area contributed by atoms with Crippen molar-refractivity contribution in [3.63, 3.8) is 0 Å². The van der Waals surface area contributed by atoms with E-state index >= 15 is 0 Å². The Morgan fingerprint density at radius 2 is 2.14 bits per heavy atom. The van der Waals surface area contributed by atoms with E-state index in [0.29, 0.717) is 12.0 Å². The lowest BCUT2D eigenvalue weighted by Gasteiger charge is -2.09. The van der Waals surface area contributed by atoms with Gasteiger partial charge in [0.15, 0.2) is 0 Å². The Hall–Kier alpha value is -1.63. The molecule has 0 aliphatic rings. The Labute approximate surface area is 81.0 Å². The number of nitrogens with two attached hydrogens (primary N) is 1. The Kier molecular flexibility index (Phi) is 3.41. The normalized spacial score (nSPS) is 10.1.